The van der Waals surface area contributed by atoms with Crippen molar-refractivity contribution in [1.82, 2.24) is 4.73 Å². The summed E-state index contributed by atoms with van der Waals surface area (Å²) in [5.41, 5.74) is 1.30. The van der Waals surface area contributed by atoms with E-state index >= 15 is 0 Å². The van der Waals surface area contributed by atoms with Crippen molar-refractivity contribution in [2.24, 2.45) is 0 Å². The lowest BCUT2D eigenvalue weighted by Gasteiger charge is -2.08. The molecule has 3 nitrogen and oxygen atoms in total. The Morgan fingerprint density at radius 3 is 2.33 bits per heavy atom. The van der Waals surface area contributed by atoms with Crippen molar-refractivity contribution in [3.05, 3.63) is 64.6 Å². The lowest BCUT2D eigenvalue weighted by molar-refractivity contribution is 0.213. The predicted molar refractivity (Wildman–Crippen MR) is 71.8 cm³/mol. The highest BCUT2D eigenvalue weighted by Crippen LogP contribution is 2.14. The molecule has 0 spiro atoms. The average Bonchev–Trinajstić information content (AvgIpc) is 2.41. The minimum absolute atomic E-state index is 0.0234. The molecule has 0 saturated heterocycles. The van der Waals surface area contributed by atoms with E-state index in [4.69, 9.17) is 4.84 Å². The highest BCUT2D eigenvalue weighted by molar-refractivity contribution is 5.27. The summed E-state index contributed by atoms with van der Waals surface area (Å²) in [6.07, 6.45) is 6.73. The van der Waals surface area contributed by atoms with Gasteiger partial charge in [0.15, 0.2) is 11.2 Å². The first-order chi connectivity index (χ1) is 8.78. The zero-order valence-corrected chi connectivity index (χ0v) is 10.5. The van der Waals surface area contributed by atoms with E-state index in [9.17, 15) is 4.79 Å². The summed E-state index contributed by atoms with van der Waals surface area (Å²) in [6, 6.07) is 11.0. The van der Waals surface area contributed by atoms with E-state index in [-0.39, 0.29) is 5.43 Å². The normalized spacial score (nSPS) is 10.3. The Morgan fingerprint density at radius 2 is 1.72 bits per heavy atom. The molecular weight excluding hydrogens is 226 g/mol. The molecule has 0 N–H and O–H groups in total. The van der Waals surface area contributed by atoms with Crippen LogP contribution in [0.15, 0.2) is 53.6 Å². The largest absolute Gasteiger partial charge is 0.376 e. The van der Waals surface area contributed by atoms with E-state index < -0.39 is 0 Å². The number of aromatic nitrogens is 1. The second-order valence-corrected chi connectivity index (χ2v) is 4.23. The molecule has 3 heteroatoms. The van der Waals surface area contributed by atoms with E-state index in [1.807, 2.05) is 12.1 Å². The van der Waals surface area contributed by atoms with Crippen molar-refractivity contribution in [3.63, 3.8) is 0 Å². The molecule has 1 heterocycles. The second-order valence-electron chi connectivity index (χ2n) is 4.23. The van der Waals surface area contributed by atoms with Crippen LogP contribution in [-0.2, 0) is 6.42 Å². The molecule has 0 amide bonds. The molecule has 0 radical (unpaired) electrons. The van der Waals surface area contributed by atoms with E-state index in [0.29, 0.717) is 0 Å². The molecule has 0 aliphatic rings. The summed E-state index contributed by atoms with van der Waals surface area (Å²) >= 11 is 0. The number of unbranched alkanes of at least 4 members (excludes halogenated alkanes) is 1. The van der Waals surface area contributed by atoms with Gasteiger partial charge in [0.05, 0.1) is 0 Å². The molecule has 0 fully saturated rings. The van der Waals surface area contributed by atoms with Gasteiger partial charge in [-0.1, -0.05) is 25.5 Å². The molecule has 1 aromatic heterocycles. The van der Waals surface area contributed by atoms with Crippen molar-refractivity contribution in [2.75, 3.05) is 0 Å². The number of rotatable bonds is 5. The highest BCUT2D eigenvalue weighted by Gasteiger charge is 1.96. The third-order valence-corrected chi connectivity index (χ3v) is 2.72. The Morgan fingerprint density at radius 1 is 1.06 bits per heavy atom. The maximum Gasteiger partial charge on any atom is 0.181 e. The minimum Gasteiger partial charge on any atom is -0.376 e. The molecule has 94 valence electrons. The molecular formula is C15H17NO2. The van der Waals surface area contributed by atoms with Crippen molar-refractivity contribution >= 4 is 0 Å². The molecule has 0 atom stereocenters. The van der Waals surface area contributed by atoms with Crippen molar-refractivity contribution in [1.29, 1.82) is 0 Å². The topological polar surface area (TPSA) is 31.2 Å². The molecule has 0 saturated carbocycles. The fraction of sp³-hybridized carbons (Fsp3) is 0.267. The van der Waals surface area contributed by atoms with Gasteiger partial charge in [-0.3, -0.25) is 4.79 Å². The third-order valence-electron chi connectivity index (χ3n) is 2.72. The van der Waals surface area contributed by atoms with Crippen molar-refractivity contribution in [3.8, 4) is 5.75 Å². The molecule has 0 aliphatic carbocycles. The van der Waals surface area contributed by atoms with Gasteiger partial charge in [0.1, 0.15) is 0 Å². The minimum atomic E-state index is -0.0234. The first-order valence-corrected chi connectivity index (χ1v) is 6.23. The van der Waals surface area contributed by atoms with Crippen LogP contribution in [0.2, 0.25) is 0 Å². The van der Waals surface area contributed by atoms with Gasteiger partial charge in [-0.05, 0) is 30.5 Å². The van der Waals surface area contributed by atoms with Gasteiger partial charge in [0.2, 0.25) is 0 Å². The quantitative estimate of drug-likeness (QED) is 0.808. The Hall–Kier alpha value is -2.03. The fourth-order valence-electron chi connectivity index (χ4n) is 1.68. The van der Waals surface area contributed by atoms with Gasteiger partial charge in [-0.25, -0.2) is 0 Å². The average molecular weight is 243 g/mol. The van der Waals surface area contributed by atoms with Crippen LogP contribution in [0.5, 0.6) is 5.75 Å². The summed E-state index contributed by atoms with van der Waals surface area (Å²) in [5, 5.41) is 0. The predicted octanol–water partition coefficient (Wildman–Crippen LogP) is 3.03. The molecule has 2 aromatic rings. The highest BCUT2D eigenvalue weighted by atomic mass is 16.7. The summed E-state index contributed by atoms with van der Waals surface area (Å²) < 4.78 is 1.52. The van der Waals surface area contributed by atoms with E-state index in [2.05, 4.69) is 19.1 Å². The third kappa shape index (κ3) is 3.48. The monoisotopic (exact) mass is 243 g/mol. The van der Waals surface area contributed by atoms with Gasteiger partial charge in [0.25, 0.3) is 0 Å². The zero-order valence-electron chi connectivity index (χ0n) is 10.5. The second kappa shape index (κ2) is 6.05. The fourth-order valence-corrected chi connectivity index (χ4v) is 1.68. The number of hydrogen-bond donors (Lipinski definition) is 0. The number of nitrogens with zero attached hydrogens (tertiary/aromatic N) is 1. The zero-order chi connectivity index (χ0) is 12.8. The van der Waals surface area contributed by atoms with Gasteiger partial charge >= 0.3 is 0 Å². The first kappa shape index (κ1) is 12.4. The van der Waals surface area contributed by atoms with Gasteiger partial charge in [0, 0.05) is 24.5 Å². The van der Waals surface area contributed by atoms with Crippen molar-refractivity contribution < 1.29 is 4.84 Å². The van der Waals surface area contributed by atoms with Gasteiger partial charge < -0.3 is 4.84 Å². The molecule has 0 bridgehead atoms. The smallest absolute Gasteiger partial charge is 0.181 e. The maximum atomic E-state index is 11.0. The molecule has 18 heavy (non-hydrogen) atoms. The Labute approximate surface area is 107 Å². The Kier molecular flexibility index (Phi) is 4.18. The van der Waals surface area contributed by atoms with Crippen LogP contribution < -0.4 is 10.3 Å². The summed E-state index contributed by atoms with van der Waals surface area (Å²) in [6.45, 7) is 2.19. The van der Waals surface area contributed by atoms with E-state index in [1.54, 1.807) is 12.4 Å². The number of benzene rings is 1. The molecule has 0 aliphatic heterocycles. The Balaban J connectivity index is 2.01. The molecule has 2 rings (SSSR count). The number of hydrogen-bond acceptors (Lipinski definition) is 2. The van der Waals surface area contributed by atoms with Crippen LogP contribution in [-0.4, -0.2) is 4.73 Å². The van der Waals surface area contributed by atoms with Crippen LogP contribution in [0.4, 0.5) is 0 Å². The lowest BCUT2D eigenvalue weighted by atomic mass is 10.1. The van der Waals surface area contributed by atoms with Crippen LogP contribution in [0.3, 0.4) is 0 Å². The Bertz CT molecular complexity index is 523. The maximum absolute atomic E-state index is 11.0. The lowest BCUT2D eigenvalue weighted by Crippen LogP contribution is -2.08. The van der Waals surface area contributed by atoms with Crippen molar-refractivity contribution in [2.45, 2.75) is 26.2 Å². The molecule has 1 aromatic carbocycles. The van der Waals surface area contributed by atoms with E-state index in [0.717, 1.165) is 12.2 Å². The van der Waals surface area contributed by atoms with Gasteiger partial charge in [-0.15, -0.1) is 0 Å². The van der Waals surface area contributed by atoms with Gasteiger partial charge in [-0.2, -0.15) is 4.73 Å². The standard InChI is InChI=1S/C15H17NO2/c1-2-3-4-13-5-7-15(8-6-13)18-16-11-9-14(17)10-12-16/h5-12H,2-4H2,1H3. The van der Waals surface area contributed by atoms with Crippen LogP contribution in [0.1, 0.15) is 25.3 Å². The SMILES string of the molecule is CCCCc1ccc(On2ccc(=O)cc2)cc1. The number of aryl methyl sites for hydroxylation is 1. The van der Waals surface area contributed by atoms with Crippen LogP contribution in [0, 0.1) is 0 Å². The van der Waals surface area contributed by atoms with Crippen LogP contribution >= 0.6 is 0 Å². The van der Waals surface area contributed by atoms with Crippen LogP contribution in [0.25, 0.3) is 0 Å². The number of pyridine rings is 1. The van der Waals surface area contributed by atoms with E-state index in [1.165, 1.54) is 35.3 Å². The summed E-state index contributed by atoms with van der Waals surface area (Å²) in [5.74, 6) is 0.763. The molecule has 0 unspecified atom stereocenters. The summed E-state index contributed by atoms with van der Waals surface area (Å²) in [7, 11) is 0. The first-order valence-electron chi connectivity index (χ1n) is 6.23. The summed E-state index contributed by atoms with van der Waals surface area (Å²) in [4.78, 5) is 16.5.